The highest BCUT2D eigenvalue weighted by Crippen LogP contribution is 2.16. The van der Waals surface area contributed by atoms with Crippen molar-refractivity contribution in [2.75, 3.05) is 26.0 Å². The third-order valence-corrected chi connectivity index (χ3v) is 5.02. The van der Waals surface area contributed by atoms with Gasteiger partial charge in [-0.15, -0.1) is 0 Å². The van der Waals surface area contributed by atoms with E-state index in [1.165, 1.54) is 12.7 Å². The van der Waals surface area contributed by atoms with E-state index in [4.69, 9.17) is 4.74 Å². The maximum atomic E-state index is 12.3. The molecule has 1 amide bonds. The zero-order valence-corrected chi connectivity index (χ0v) is 13.7. The average molecular weight is 326 g/mol. The van der Waals surface area contributed by atoms with Gasteiger partial charge in [0.15, 0.2) is 0 Å². The Morgan fingerprint density at radius 1 is 1.32 bits per heavy atom. The number of sulfonamides is 1. The maximum absolute atomic E-state index is 12.3. The lowest BCUT2D eigenvalue weighted by Gasteiger charge is -2.17. The third kappa shape index (κ3) is 4.53. The molecule has 6 nitrogen and oxygen atoms in total. The molecule has 0 bridgehead atoms. The number of carbonyl (C=O) groups excluding carboxylic acids is 1. The van der Waals surface area contributed by atoms with Crippen molar-refractivity contribution in [1.29, 1.82) is 0 Å². The molecule has 1 aliphatic rings. The van der Waals surface area contributed by atoms with E-state index in [1.807, 2.05) is 31.2 Å². The van der Waals surface area contributed by atoms with E-state index >= 15 is 0 Å². The summed E-state index contributed by atoms with van der Waals surface area (Å²) in [5.41, 5.74) is 2.21. The Balaban J connectivity index is 1.93. The quantitative estimate of drug-likeness (QED) is 0.799. The molecule has 7 heteroatoms. The SMILES string of the molecule is COCCS(=O)(=O)NC1CCN(Cc2ccc(C)cc2)C1=O. The Morgan fingerprint density at radius 2 is 2.00 bits per heavy atom. The topological polar surface area (TPSA) is 75.7 Å². The number of benzene rings is 1. The van der Waals surface area contributed by atoms with Gasteiger partial charge in [0.2, 0.25) is 15.9 Å². The van der Waals surface area contributed by atoms with Crippen LogP contribution in [0.15, 0.2) is 24.3 Å². The summed E-state index contributed by atoms with van der Waals surface area (Å²) in [7, 11) is -2.04. The van der Waals surface area contributed by atoms with Crippen molar-refractivity contribution >= 4 is 15.9 Å². The fraction of sp³-hybridized carbons (Fsp3) is 0.533. The number of ether oxygens (including phenoxy) is 1. The first-order valence-corrected chi connectivity index (χ1v) is 8.90. The number of carbonyl (C=O) groups is 1. The first kappa shape index (κ1) is 16.9. The van der Waals surface area contributed by atoms with Gasteiger partial charge < -0.3 is 9.64 Å². The summed E-state index contributed by atoms with van der Waals surface area (Å²) in [6.45, 7) is 3.19. The fourth-order valence-corrected chi connectivity index (χ4v) is 3.54. The molecule has 0 radical (unpaired) electrons. The number of hydrogen-bond donors (Lipinski definition) is 1. The number of nitrogens with zero attached hydrogens (tertiary/aromatic N) is 1. The van der Waals surface area contributed by atoms with Crippen molar-refractivity contribution in [2.24, 2.45) is 0 Å². The van der Waals surface area contributed by atoms with Gasteiger partial charge in [-0.2, -0.15) is 0 Å². The Labute approximate surface area is 131 Å². The molecule has 1 N–H and O–H groups in total. The van der Waals surface area contributed by atoms with E-state index in [9.17, 15) is 13.2 Å². The van der Waals surface area contributed by atoms with Crippen LogP contribution in [0, 0.1) is 6.92 Å². The van der Waals surface area contributed by atoms with Gasteiger partial charge in [0.05, 0.1) is 12.4 Å². The van der Waals surface area contributed by atoms with Crippen LogP contribution in [-0.2, 0) is 26.1 Å². The highest BCUT2D eigenvalue weighted by molar-refractivity contribution is 7.89. The summed E-state index contributed by atoms with van der Waals surface area (Å²) in [6.07, 6.45) is 0.497. The molecular weight excluding hydrogens is 304 g/mol. The molecule has 1 heterocycles. The first-order valence-electron chi connectivity index (χ1n) is 7.24. The summed E-state index contributed by atoms with van der Waals surface area (Å²) in [5, 5.41) is 0. The van der Waals surface area contributed by atoms with Crippen LogP contribution in [0.2, 0.25) is 0 Å². The minimum absolute atomic E-state index is 0.114. The monoisotopic (exact) mass is 326 g/mol. The number of aryl methyl sites for hydroxylation is 1. The number of hydrogen-bond acceptors (Lipinski definition) is 4. The van der Waals surface area contributed by atoms with Crippen LogP contribution in [0.5, 0.6) is 0 Å². The van der Waals surface area contributed by atoms with Gasteiger partial charge in [-0.25, -0.2) is 13.1 Å². The molecule has 0 spiro atoms. The lowest BCUT2D eigenvalue weighted by Crippen LogP contribution is -2.42. The van der Waals surface area contributed by atoms with Crippen molar-refractivity contribution in [3.63, 3.8) is 0 Å². The maximum Gasteiger partial charge on any atom is 0.241 e. The second-order valence-electron chi connectivity index (χ2n) is 5.52. The molecule has 22 heavy (non-hydrogen) atoms. The van der Waals surface area contributed by atoms with Crippen LogP contribution in [0.1, 0.15) is 17.5 Å². The molecule has 0 aromatic heterocycles. The number of nitrogens with one attached hydrogen (secondary N) is 1. The van der Waals surface area contributed by atoms with Crippen molar-refractivity contribution < 1.29 is 17.9 Å². The number of methoxy groups -OCH3 is 1. The van der Waals surface area contributed by atoms with E-state index < -0.39 is 16.1 Å². The molecule has 1 atom stereocenters. The summed E-state index contributed by atoms with van der Waals surface area (Å²) < 4.78 is 30.9. The minimum atomic E-state index is -3.48. The Bertz CT molecular complexity index is 613. The molecule has 2 rings (SSSR count). The van der Waals surface area contributed by atoms with Gasteiger partial charge in [0, 0.05) is 20.2 Å². The van der Waals surface area contributed by atoms with Gasteiger partial charge in [0.1, 0.15) is 6.04 Å². The van der Waals surface area contributed by atoms with Gasteiger partial charge in [-0.05, 0) is 18.9 Å². The van der Waals surface area contributed by atoms with E-state index in [-0.39, 0.29) is 18.3 Å². The van der Waals surface area contributed by atoms with Crippen molar-refractivity contribution in [3.8, 4) is 0 Å². The predicted molar refractivity (Wildman–Crippen MR) is 83.8 cm³/mol. The summed E-state index contributed by atoms with van der Waals surface area (Å²) in [5.74, 6) is -0.299. The smallest absolute Gasteiger partial charge is 0.241 e. The molecule has 1 aliphatic heterocycles. The van der Waals surface area contributed by atoms with Gasteiger partial charge in [-0.3, -0.25) is 4.79 Å². The number of likely N-dealkylation sites (tertiary alicyclic amines) is 1. The molecule has 1 fully saturated rings. The van der Waals surface area contributed by atoms with E-state index in [0.29, 0.717) is 19.5 Å². The fourth-order valence-electron chi connectivity index (χ4n) is 2.39. The highest BCUT2D eigenvalue weighted by Gasteiger charge is 2.34. The Morgan fingerprint density at radius 3 is 2.64 bits per heavy atom. The molecule has 1 saturated heterocycles. The Hall–Kier alpha value is -1.44. The molecule has 0 saturated carbocycles. The van der Waals surface area contributed by atoms with E-state index in [0.717, 1.165) is 5.56 Å². The second kappa shape index (κ2) is 7.21. The lowest BCUT2D eigenvalue weighted by atomic mass is 10.1. The van der Waals surface area contributed by atoms with Crippen LogP contribution in [0.25, 0.3) is 0 Å². The second-order valence-corrected chi connectivity index (χ2v) is 7.39. The van der Waals surface area contributed by atoms with Gasteiger partial charge in [-0.1, -0.05) is 29.8 Å². The van der Waals surface area contributed by atoms with Crippen LogP contribution >= 0.6 is 0 Å². The normalized spacial score (nSPS) is 18.9. The number of rotatable bonds is 7. The predicted octanol–water partition coefficient (Wildman–Crippen LogP) is 0.662. The number of amides is 1. The van der Waals surface area contributed by atoms with Crippen LogP contribution in [-0.4, -0.2) is 51.3 Å². The van der Waals surface area contributed by atoms with E-state index in [1.54, 1.807) is 4.90 Å². The summed E-state index contributed by atoms with van der Waals surface area (Å²) in [6, 6.07) is 7.31. The standard InChI is InChI=1S/C15H22N2O4S/c1-12-3-5-13(6-4-12)11-17-8-7-14(15(17)18)16-22(19,20)10-9-21-2/h3-6,14,16H,7-11H2,1-2H3. The van der Waals surface area contributed by atoms with Crippen LogP contribution < -0.4 is 4.72 Å². The largest absolute Gasteiger partial charge is 0.384 e. The first-order chi connectivity index (χ1) is 10.4. The van der Waals surface area contributed by atoms with Gasteiger partial charge >= 0.3 is 0 Å². The molecule has 0 aliphatic carbocycles. The minimum Gasteiger partial charge on any atom is -0.384 e. The lowest BCUT2D eigenvalue weighted by molar-refractivity contribution is -0.129. The van der Waals surface area contributed by atoms with E-state index in [2.05, 4.69) is 4.72 Å². The zero-order chi connectivity index (χ0) is 16.2. The summed E-state index contributed by atoms with van der Waals surface area (Å²) in [4.78, 5) is 14.0. The molecule has 122 valence electrons. The molecule has 1 unspecified atom stereocenters. The highest BCUT2D eigenvalue weighted by atomic mass is 32.2. The Kier molecular flexibility index (Phi) is 5.55. The zero-order valence-electron chi connectivity index (χ0n) is 12.9. The van der Waals surface area contributed by atoms with Crippen molar-refractivity contribution in [1.82, 2.24) is 9.62 Å². The molecule has 1 aromatic carbocycles. The van der Waals surface area contributed by atoms with Crippen LogP contribution in [0.3, 0.4) is 0 Å². The summed E-state index contributed by atoms with van der Waals surface area (Å²) >= 11 is 0. The van der Waals surface area contributed by atoms with Crippen molar-refractivity contribution in [3.05, 3.63) is 35.4 Å². The van der Waals surface area contributed by atoms with Crippen molar-refractivity contribution in [2.45, 2.75) is 25.9 Å². The molecular formula is C15H22N2O4S. The van der Waals surface area contributed by atoms with Crippen LogP contribution in [0.4, 0.5) is 0 Å². The molecule has 1 aromatic rings. The third-order valence-electron chi connectivity index (χ3n) is 3.67. The average Bonchev–Trinajstić information content (AvgIpc) is 2.80. The van der Waals surface area contributed by atoms with Gasteiger partial charge in [0.25, 0.3) is 0 Å².